The highest BCUT2D eigenvalue weighted by atomic mass is 127. The van der Waals surface area contributed by atoms with Gasteiger partial charge in [0.1, 0.15) is 11.5 Å². The summed E-state index contributed by atoms with van der Waals surface area (Å²) < 4.78 is 16.0. The molecule has 1 aromatic heterocycles. The first kappa shape index (κ1) is 23.8. The van der Waals surface area contributed by atoms with Gasteiger partial charge in [0.25, 0.3) is 0 Å². The lowest BCUT2D eigenvalue weighted by Gasteiger charge is -2.21. The van der Waals surface area contributed by atoms with Gasteiger partial charge in [-0.3, -0.25) is 4.99 Å². The molecule has 0 bridgehead atoms. The van der Waals surface area contributed by atoms with Crippen molar-refractivity contribution in [1.82, 2.24) is 15.6 Å². The van der Waals surface area contributed by atoms with Gasteiger partial charge in [-0.2, -0.15) is 0 Å². The van der Waals surface area contributed by atoms with E-state index < -0.39 is 0 Å². The summed E-state index contributed by atoms with van der Waals surface area (Å²) in [6, 6.07) is 12.0. The van der Waals surface area contributed by atoms with Crippen LogP contribution in [0.4, 0.5) is 5.69 Å². The summed E-state index contributed by atoms with van der Waals surface area (Å²) in [6.45, 7) is 2.39. The number of nitrogens with zero attached hydrogens (tertiary/aromatic N) is 3. The van der Waals surface area contributed by atoms with Gasteiger partial charge < -0.3 is 29.7 Å². The van der Waals surface area contributed by atoms with Crippen molar-refractivity contribution in [3.63, 3.8) is 0 Å². The maximum atomic E-state index is 5.39. The van der Waals surface area contributed by atoms with Crippen LogP contribution in [0.15, 0.2) is 41.4 Å². The van der Waals surface area contributed by atoms with Gasteiger partial charge in [0.15, 0.2) is 5.96 Å². The molecule has 1 aliphatic heterocycles. The van der Waals surface area contributed by atoms with Crippen LogP contribution in [-0.4, -0.2) is 58.5 Å². The van der Waals surface area contributed by atoms with Crippen LogP contribution in [0.25, 0.3) is 0 Å². The summed E-state index contributed by atoms with van der Waals surface area (Å²) in [6.07, 6.45) is 1.01. The molecule has 0 radical (unpaired) electrons. The lowest BCUT2D eigenvalue weighted by atomic mass is 10.2. The maximum Gasteiger partial charge on any atom is 0.213 e. The molecule has 9 heteroatoms. The largest absolute Gasteiger partial charge is 0.497 e. The van der Waals surface area contributed by atoms with E-state index in [1.165, 1.54) is 0 Å². The second-order valence-corrected chi connectivity index (χ2v) is 6.74. The zero-order valence-electron chi connectivity index (χ0n) is 17.8. The fraction of sp³-hybridized carbons (Fsp3) is 0.429. The monoisotopic (exact) mass is 527 g/mol. The normalized spacial score (nSPS) is 15.9. The van der Waals surface area contributed by atoms with Gasteiger partial charge in [-0.1, -0.05) is 6.07 Å². The number of anilines is 1. The van der Waals surface area contributed by atoms with Crippen LogP contribution in [0, 0.1) is 0 Å². The molecule has 1 aliphatic rings. The molecule has 3 rings (SSSR count). The topological polar surface area (TPSA) is 80.2 Å². The van der Waals surface area contributed by atoms with Crippen molar-refractivity contribution in [3.05, 3.63) is 42.1 Å². The molecule has 1 saturated heterocycles. The molecule has 30 heavy (non-hydrogen) atoms. The molecule has 2 heterocycles. The van der Waals surface area contributed by atoms with E-state index in [0.29, 0.717) is 12.4 Å². The summed E-state index contributed by atoms with van der Waals surface area (Å²) in [5, 5.41) is 6.81. The van der Waals surface area contributed by atoms with E-state index in [4.69, 9.17) is 14.2 Å². The molecule has 8 nitrogen and oxygen atoms in total. The van der Waals surface area contributed by atoms with Crippen LogP contribution >= 0.6 is 24.0 Å². The maximum absolute atomic E-state index is 5.39. The third-order valence-electron chi connectivity index (χ3n) is 4.88. The van der Waals surface area contributed by atoms with Crippen LogP contribution in [0.2, 0.25) is 0 Å². The highest BCUT2D eigenvalue weighted by Crippen LogP contribution is 2.30. The molecule has 1 atom stereocenters. The average Bonchev–Trinajstić information content (AvgIpc) is 3.24. The van der Waals surface area contributed by atoms with Gasteiger partial charge in [0, 0.05) is 56.1 Å². The summed E-state index contributed by atoms with van der Waals surface area (Å²) in [7, 11) is 6.72. The molecule has 2 aromatic rings. The van der Waals surface area contributed by atoms with E-state index in [1.807, 2.05) is 36.4 Å². The Kier molecular flexibility index (Phi) is 9.28. The van der Waals surface area contributed by atoms with Crippen molar-refractivity contribution >= 4 is 35.6 Å². The van der Waals surface area contributed by atoms with Crippen molar-refractivity contribution in [2.75, 3.05) is 46.4 Å². The number of rotatable bonds is 7. The summed E-state index contributed by atoms with van der Waals surface area (Å²) >= 11 is 0. The predicted octanol–water partition coefficient (Wildman–Crippen LogP) is 2.67. The Balaban J connectivity index is 0.00000320. The number of guanidine groups is 1. The SMILES string of the molecule is CN=C(NCc1cccc(OC)n1)NC1CCN(c2cc(OC)cc(OC)c2)C1.I. The molecular weight excluding hydrogens is 497 g/mol. The fourth-order valence-corrected chi connectivity index (χ4v) is 3.32. The summed E-state index contributed by atoms with van der Waals surface area (Å²) in [5.41, 5.74) is 1.98. The summed E-state index contributed by atoms with van der Waals surface area (Å²) in [5.74, 6) is 2.94. The molecule has 0 amide bonds. The first-order valence-corrected chi connectivity index (χ1v) is 9.60. The van der Waals surface area contributed by atoms with Crippen molar-refractivity contribution in [2.24, 2.45) is 4.99 Å². The molecule has 164 valence electrons. The number of nitrogens with one attached hydrogen (secondary N) is 2. The minimum absolute atomic E-state index is 0. The zero-order chi connectivity index (χ0) is 20.6. The number of ether oxygens (including phenoxy) is 3. The van der Waals surface area contributed by atoms with Crippen molar-refractivity contribution in [2.45, 2.75) is 19.0 Å². The van der Waals surface area contributed by atoms with Gasteiger partial charge in [-0.15, -0.1) is 24.0 Å². The summed E-state index contributed by atoms with van der Waals surface area (Å²) in [4.78, 5) is 11.1. The van der Waals surface area contributed by atoms with E-state index in [1.54, 1.807) is 28.4 Å². The van der Waals surface area contributed by atoms with Gasteiger partial charge in [-0.25, -0.2) is 4.98 Å². The Labute approximate surface area is 195 Å². The quantitative estimate of drug-likeness (QED) is 0.326. The first-order valence-electron chi connectivity index (χ1n) is 9.60. The van der Waals surface area contributed by atoms with Crippen molar-refractivity contribution < 1.29 is 14.2 Å². The van der Waals surface area contributed by atoms with Gasteiger partial charge in [0.05, 0.1) is 33.6 Å². The lowest BCUT2D eigenvalue weighted by Crippen LogP contribution is -2.44. The second-order valence-electron chi connectivity index (χ2n) is 6.74. The molecule has 1 fully saturated rings. The third-order valence-corrected chi connectivity index (χ3v) is 4.88. The van der Waals surface area contributed by atoms with E-state index in [0.717, 1.165) is 48.4 Å². The Hall–Kier alpha value is -2.43. The minimum Gasteiger partial charge on any atom is -0.497 e. The van der Waals surface area contributed by atoms with Crippen LogP contribution in [0.5, 0.6) is 17.4 Å². The number of hydrogen-bond acceptors (Lipinski definition) is 6. The highest BCUT2D eigenvalue weighted by Gasteiger charge is 2.24. The Morgan fingerprint density at radius 3 is 2.50 bits per heavy atom. The van der Waals surface area contributed by atoms with Crippen LogP contribution < -0.4 is 29.7 Å². The van der Waals surface area contributed by atoms with Crippen molar-refractivity contribution in [3.8, 4) is 17.4 Å². The average molecular weight is 527 g/mol. The van der Waals surface area contributed by atoms with Crippen LogP contribution in [0.1, 0.15) is 12.1 Å². The Morgan fingerprint density at radius 1 is 1.13 bits per heavy atom. The molecule has 0 saturated carbocycles. The number of aliphatic imine (C=N–C) groups is 1. The van der Waals surface area contributed by atoms with Gasteiger partial charge in [0.2, 0.25) is 5.88 Å². The number of hydrogen-bond donors (Lipinski definition) is 2. The Bertz CT molecular complexity index is 827. The number of benzene rings is 1. The molecule has 1 aromatic carbocycles. The van der Waals surface area contributed by atoms with Crippen LogP contribution in [0.3, 0.4) is 0 Å². The Morgan fingerprint density at radius 2 is 1.87 bits per heavy atom. The molecule has 2 N–H and O–H groups in total. The number of pyridine rings is 1. The van der Waals surface area contributed by atoms with Gasteiger partial charge >= 0.3 is 0 Å². The minimum atomic E-state index is 0. The zero-order valence-corrected chi connectivity index (χ0v) is 20.2. The number of methoxy groups -OCH3 is 3. The molecule has 1 unspecified atom stereocenters. The van der Waals surface area contributed by atoms with Crippen molar-refractivity contribution in [1.29, 1.82) is 0 Å². The van der Waals surface area contributed by atoms with E-state index in [2.05, 4.69) is 25.5 Å². The van der Waals surface area contributed by atoms with Gasteiger partial charge in [-0.05, 0) is 12.5 Å². The second kappa shape index (κ2) is 11.7. The number of aromatic nitrogens is 1. The predicted molar refractivity (Wildman–Crippen MR) is 130 cm³/mol. The molecule has 0 aliphatic carbocycles. The smallest absolute Gasteiger partial charge is 0.213 e. The number of halogens is 1. The third kappa shape index (κ3) is 6.28. The van der Waals surface area contributed by atoms with Crippen LogP contribution in [-0.2, 0) is 6.54 Å². The first-order chi connectivity index (χ1) is 14.1. The fourth-order valence-electron chi connectivity index (χ4n) is 3.32. The highest BCUT2D eigenvalue weighted by molar-refractivity contribution is 14.0. The molecule has 0 spiro atoms. The van der Waals surface area contributed by atoms with E-state index >= 15 is 0 Å². The van der Waals surface area contributed by atoms with E-state index in [-0.39, 0.29) is 30.0 Å². The standard InChI is InChI=1S/C21H29N5O3.HI/c1-22-21(23-13-15-6-5-7-20(24-15)29-4)25-16-8-9-26(14-16)17-10-18(27-2)12-19(11-17)28-3;/h5-7,10-12,16H,8-9,13-14H2,1-4H3,(H2,22,23,25);1H. The van der Waals surface area contributed by atoms with E-state index in [9.17, 15) is 0 Å². The molecular formula is C21H30IN5O3. The lowest BCUT2D eigenvalue weighted by molar-refractivity contribution is 0.394.